The maximum Gasteiger partial charge on any atom is 0.410 e. The van der Waals surface area contributed by atoms with Gasteiger partial charge in [0, 0.05) is 43.3 Å². The van der Waals surface area contributed by atoms with E-state index >= 15 is 0 Å². The summed E-state index contributed by atoms with van der Waals surface area (Å²) in [4.78, 5) is 24.0. The molecule has 3 aromatic rings. The highest BCUT2D eigenvalue weighted by Gasteiger charge is 2.37. The Morgan fingerprint density at radius 3 is 2.37 bits per heavy atom. The third-order valence-electron chi connectivity index (χ3n) is 6.45. The predicted octanol–water partition coefficient (Wildman–Crippen LogP) is 6.44. The molecule has 0 aliphatic carbocycles. The van der Waals surface area contributed by atoms with Gasteiger partial charge in [-0.25, -0.2) is 14.8 Å². The number of aromatic nitrogens is 2. The number of nitrogens with zero attached hydrogens (tertiary/aromatic N) is 3. The minimum absolute atomic E-state index is 0.0442. The van der Waals surface area contributed by atoms with Crippen molar-refractivity contribution >= 4 is 40.2 Å². The molecular weight excluding hydrogens is 529 g/mol. The van der Waals surface area contributed by atoms with Crippen LogP contribution in [0.25, 0.3) is 22.0 Å². The van der Waals surface area contributed by atoms with Crippen molar-refractivity contribution in [3.63, 3.8) is 0 Å². The zero-order valence-corrected chi connectivity index (χ0v) is 24.0. The van der Waals surface area contributed by atoms with Crippen molar-refractivity contribution < 1.29 is 23.7 Å². The molecule has 4 rings (SSSR count). The fourth-order valence-corrected chi connectivity index (χ4v) is 5.50. The third-order valence-corrected chi connectivity index (χ3v) is 7.20. The largest absolute Gasteiger partial charge is 0.495 e. The minimum atomic E-state index is -0.558. The molecule has 38 heavy (non-hydrogen) atoms. The Balaban J connectivity index is 1.56. The molecule has 204 valence electrons. The molecule has 2 atom stereocenters. The number of methoxy groups -OCH3 is 3. The van der Waals surface area contributed by atoms with Gasteiger partial charge in [0.25, 0.3) is 0 Å². The fraction of sp³-hybridized carbons (Fsp3) is 0.464. The lowest BCUT2D eigenvalue weighted by molar-refractivity contribution is 0.0145. The number of carbonyl (C=O) groups is 1. The molecular formula is C28H33Cl2N3O5. The van der Waals surface area contributed by atoms with Gasteiger partial charge in [0.1, 0.15) is 22.9 Å². The van der Waals surface area contributed by atoms with Crippen molar-refractivity contribution in [1.29, 1.82) is 0 Å². The second-order valence-corrected chi connectivity index (χ2v) is 11.1. The highest BCUT2D eigenvalue weighted by molar-refractivity contribution is 6.41. The Bertz CT molecular complexity index is 1300. The van der Waals surface area contributed by atoms with Crippen LogP contribution in [0.1, 0.15) is 33.0 Å². The van der Waals surface area contributed by atoms with E-state index in [0.717, 1.165) is 28.7 Å². The molecule has 0 spiro atoms. The first-order chi connectivity index (χ1) is 18.0. The Morgan fingerprint density at radius 1 is 1.08 bits per heavy atom. The predicted molar refractivity (Wildman–Crippen MR) is 149 cm³/mol. The van der Waals surface area contributed by atoms with E-state index in [4.69, 9.17) is 47.1 Å². The van der Waals surface area contributed by atoms with Gasteiger partial charge in [0.05, 0.1) is 42.4 Å². The third kappa shape index (κ3) is 6.08. The molecule has 0 saturated carbocycles. The Morgan fingerprint density at radius 2 is 1.76 bits per heavy atom. The Hall–Kier alpha value is -2.81. The van der Waals surface area contributed by atoms with Gasteiger partial charge < -0.3 is 23.8 Å². The Kier molecular flexibility index (Phi) is 8.55. The average Bonchev–Trinajstić information content (AvgIpc) is 3.26. The quantitative estimate of drug-likeness (QED) is 0.328. The van der Waals surface area contributed by atoms with Crippen molar-refractivity contribution in [2.45, 2.75) is 45.3 Å². The first-order valence-corrected chi connectivity index (χ1v) is 13.1. The van der Waals surface area contributed by atoms with Crippen LogP contribution in [0.4, 0.5) is 4.79 Å². The summed E-state index contributed by atoms with van der Waals surface area (Å²) in [6.07, 6.45) is 2.91. The number of benzene rings is 2. The molecule has 1 aromatic heterocycles. The zero-order valence-electron chi connectivity index (χ0n) is 22.5. The van der Waals surface area contributed by atoms with Crippen LogP contribution < -0.4 is 9.47 Å². The van der Waals surface area contributed by atoms with E-state index in [0.29, 0.717) is 46.7 Å². The number of likely N-dealkylation sites (tertiary alicyclic amines) is 1. The molecule has 1 aliphatic rings. The van der Waals surface area contributed by atoms with Gasteiger partial charge in [-0.2, -0.15) is 0 Å². The van der Waals surface area contributed by atoms with Gasteiger partial charge in [-0.1, -0.05) is 29.3 Å². The first-order valence-electron chi connectivity index (χ1n) is 12.4. The summed E-state index contributed by atoms with van der Waals surface area (Å²) in [6.45, 7) is 6.62. The molecule has 1 aliphatic heterocycles. The van der Waals surface area contributed by atoms with Crippen LogP contribution in [0.3, 0.4) is 0 Å². The SMILES string of the molecule is COC[C@@H]1C[C@H](Cc2ncc3cc(-c4c(Cl)c(OC)cc(OC)c4Cl)ccc3n2)CN1C(=O)OC(C)(C)C. The van der Waals surface area contributed by atoms with Crippen LogP contribution in [0.5, 0.6) is 11.5 Å². The number of hydrogen-bond acceptors (Lipinski definition) is 7. The van der Waals surface area contributed by atoms with Crippen LogP contribution >= 0.6 is 23.2 Å². The van der Waals surface area contributed by atoms with Crippen LogP contribution in [0.15, 0.2) is 30.5 Å². The van der Waals surface area contributed by atoms with Crippen molar-refractivity contribution in [2.24, 2.45) is 5.92 Å². The van der Waals surface area contributed by atoms with E-state index in [1.54, 1.807) is 38.5 Å². The lowest BCUT2D eigenvalue weighted by Gasteiger charge is -2.28. The monoisotopic (exact) mass is 561 g/mol. The number of rotatable bonds is 7. The van der Waals surface area contributed by atoms with E-state index in [9.17, 15) is 4.79 Å². The Labute approximate surface area is 233 Å². The smallest absolute Gasteiger partial charge is 0.410 e. The summed E-state index contributed by atoms with van der Waals surface area (Å²) >= 11 is 13.2. The molecule has 2 heterocycles. The first kappa shape index (κ1) is 28.2. The van der Waals surface area contributed by atoms with Gasteiger partial charge in [-0.05, 0) is 50.8 Å². The zero-order chi connectivity index (χ0) is 27.6. The van der Waals surface area contributed by atoms with Gasteiger partial charge in [0.15, 0.2) is 0 Å². The van der Waals surface area contributed by atoms with E-state index in [1.807, 2.05) is 39.0 Å². The lowest BCUT2D eigenvalue weighted by Crippen LogP contribution is -2.41. The van der Waals surface area contributed by atoms with Crippen LogP contribution in [-0.4, -0.2) is 67.1 Å². The molecule has 0 unspecified atom stereocenters. The van der Waals surface area contributed by atoms with Gasteiger partial charge in [-0.3, -0.25) is 0 Å². The standard InChI is InChI=1S/C28H33Cl2N3O5/c1-28(2,3)38-27(34)33-14-16(9-19(33)15-35-4)10-23-31-13-18-11-17(7-8-20(18)32-23)24-25(29)21(36-5)12-22(37-6)26(24)30/h7-8,11-13,16,19H,9-10,14-15H2,1-6H3/t16-,19+/m1/s1. The molecule has 1 saturated heterocycles. The highest BCUT2D eigenvalue weighted by Crippen LogP contribution is 2.46. The number of ether oxygens (including phenoxy) is 4. The van der Waals surface area contributed by atoms with Crippen LogP contribution in [-0.2, 0) is 15.9 Å². The second kappa shape index (κ2) is 11.5. The summed E-state index contributed by atoms with van der Waals surface area (Å²) in [7, 11) is 4.73. The van der Waals surface area contributed by atoms with Crippen molar-refractivity contribution in [3.8, 4) is 22.6 Å². The highest BCUT2D eigenvalue weighted by atomic mass is 35.5. The topological polar surface area (TPSA) is 83.0 Å². The van der Waals surface area contributed by atoms with E-state index in [1.165, 1.54) is 0 Å². The van der Waals surface area contributed by atoms with Gasteiger partial charge in [0.2, 0.25) is 0 Å². The maximum absolute atomic E-state index is 12.8. The summed E-state index contributed by atoms with van der Waals surface area (Å²) in [5.41, 5.74) is 1.66. The molecule has 0 bridgehead atoms. The number of amides is 1. The minimum Gasteiger partial charge on any atom is -0.495 e. The van der Waals surface area contributed by atoms with Crippen molar-refractivity contribution in [2.75, 3.05) is 34.5 Å². The fourth-order valence-electron chi connectivity index (χ4n) is 4.78. The molecule has 2 aromatic carbocycles. The van der Waals surface area contributed by atoms with Crippen molar-refractivity contribution in [3.05, 3.63) is 46.3 Å². The number of hydrogen-bond donors (Lipinski definition) is 0. The van der Waals surface area contributed by atoms with Crippen LogP contribution in [0, 0.1) is 5.92 Å². The van der Waals surface area contributed by atoms with Gasteiger partial charge >= 0.3 is 6.09 Å². The van der Waals surface area contributed by atoms with E-state index in [2.05, 4.69) is 4.98 Å². The summed E-state index contributed by atoms with van der Waals surface area (Å²) in [5.74, 6) is 1.86. The molecule has 1 fully saturated rings. The normalized spacial score (nSPS) is 17.6. The molecule has 0 N–H and O–H groups in total. The molecule has 8 nitrogen and oxygen atoms in total. The number of fused-ring (bicyclic) bond motifs is 1. The van der Waals surface area contributed by atoms with Gasteiger partial charge in [-0.15, -0.1) is 0 Å². The number of carbonyl (C=O) groups excluding carboxylic acids is 1. The van der Waals surface area contributed by atoms with E-state index in [-0.39, 0.29) is 18.1 Å². The molecule has 10 heteroatoms. The lowest BCUT2D eigenvalue weighted by atomic mass is 10.0. The summed E-state index contributed by atoms with van der Waals surface area (Å²) in [6, 6.07) is 7.40. The molecule has 1 amide bonds. The number of halogens is 2. The van der Waals surface area contributed by atoms with E-state index < -0.39 is 5.60 Å². The molecule has 0 radical (unpaired) electrons. The average molecular weight is 562 g/mol. The van der Waals surface area contributed by atoms with Crippen LogP contribution in [0.2, 0.25) is 10.0 Å². The summed E-state index contributed by atoms with van der Waals surface area (Å²) < 4.78 is 21.8. The summed E-state index contributed by atoms with van der Waals surface area (Å²) in [5, 5.41) is 1.65. The maximum atomic E-state index is 12.8. The second-order valence-electron chi connectivity index (χ2n) is 10.4. The van der Waals surface area contributed by atoms with Crippen molar-refractivity contribution in [1.82, 2.24) is 14.9 Å².